The summed E-state index contributed by atoms with van der Waals surface area (Å²) >= 11 is 0. The molecule has 0 aliphatic carbocycles. The molecule has 1 aromatic rings. The predicted octanol–water partition coefficient (Wildman–Crippen LogP) is 0.881. The number of aliphatic hydroxyl groups excluding tert-OH is 1. The van der Waals surface area contributed by atoms with E-state index in [9.17, 15) is 17.2 Å². The molecule has 7 heteroatoms. The van der Waals surface area contributed by atoms with Crippen molar-refractivity contribution in [1.82, 2.24) is 0 Å². The molecule has 1 N–H and O–H groups in total. The number of hydrogen-bond acceptors (Lipinski definition) is 4. The summed E-state index contributed by atoms with van der Waals surface area (Å²) in [4.78, 5) is 0. The van der Waals surface area contributed by atoms with E-state index in [1.165, 1.54) is 0 Å². The average molecular weight is 266 g/mol. The number of benzene rings is 1. The second-order valence-electron chi connectivity index (χ2n) is 3.53. The number of sulfone groups is 1. The maximum absolute atomic E-state index is 13.3. The van der Waals surface area contributed by atoms with Crippen LogP contribution in [0.5, 0.6) is 5.75 Å². The zero-order valence-corrected chi connectivity index (χ0v) is 9.93. The molecule has 0 radical (unpaired) electrons. The van der Waals surface area contributed by atoms with E-state index >= 15 is 0 Å². The second-order valence-corrected chi connectivity index (χ2v) is 5.78. The monoisotopic (exact) mass is 266 g/mol. The minimum atomic E-state index is -3.24. The van der Waals surface area contributed by atoms with Gasteiger partial charge in [-0.2, -0.15) is 0 Å². The Hall–Kier alpha value is -1.21. The van der Waals surface area contributed by atoms with Crippen molar-refractivity contribution in [2.24, 2.45) is 0 Å². The lowest BCUT2D eigenvalue weighted by Crippen LogP contribution is -2.13. The van der Waals surface area contributed by atoms with Gasteiger partial charge in [-0.25, -0.2) is 17.2 Å². The van der Waals surface area contributed by atoms with Crippen LogP contribution in [0.1, 0.15) is 5.56 Å². The van der Waals surface area contributed by atoms with Crippen molar-refractivity contribution in [3.63, 3.8) is 0 Å². The van der Waals surface area contributed by atoms with E-state index in [0.29, 0.717) is 0 Å². The van der Waals surface area contributed by atoms with Gasteiger partial charge in [0.05, 0.1) is 12.4 Å². The molecule has 0 spiro atoms. The molecule has 0 fully saturated rings. The number of ether oxygens (including phenoxy) is 1. The van der Waals surface area contributed by atoms with E-state index in [1.54, 1.807) is 0 Å². The van der Waals surface area contributed by atoms with Crippen LogP contribution in [0.2, 0.25) is 0 Å². The third-order valence-electron chi connectivity index (χ3n) is 1.94. The fraction of sp³-hybridized carbons (Fsp3) is 0.400. The Morgan fingerprint density at radius 2 is 1.82 bits per heavy atom. The zero-order valence-electron chi connectivity index (χ0n) is 9.11. The maximum atomic E-state index is 13.3. The van der Waals surface area contributed by atoms with E-state index in [2.05, 4.69) is 0 Å². The molecule has 0 heterocycles. The number of halogens is 2. The number of aliphatic hydroxyl groups is 1. The van der Waals surface area contributed by atoms with Crippen LogP contribution in [0.15, 0.2) is 12.1 Å². The first kappa shape index (κ1) is 13.9. The summed E-state index contributed by atoms with van der Waals surface area (Å²) in [5.74, 6) is -2.90. The van der Waals surface area contributed by atoms with Crippen molar-refractivity contribution in [2.45, 2.75) is 6.61 Å². The van der Waals surface area contributed by atoms with Gasteiger partial charge in [0.2, 0.25) is 0 Å². The standard InChI is InChI=1S/C10H12F2O4S/c1-17(14,15)3-2-16-10-8(11)4-7(6-13)5-9(10)12/h4-5,13H,2-3,6H2,1H3. The lowest BCUT2D eigenvalue weighted by atomic mass is 10.2. The van der Waals surface area contributed by atoms with Gasteiger partial charge in [-0.05, 0) is 17.7 Å². The van der Waals surface area contributed by atoms with Gasteiger partial charge in [-0.15, -0.1) is 0 Å². The highest BCUT2D eigenvalue weighted by molar-refractivity contribution is 7.90. The van der Waals surface area contributed by atoms with E-state index in [1.807, 2.05) is 0 Å². The molecule has 96 valence electrons. The first-order valence-electron chi connectivity index (χ1n) is 4.73. The zero-order chi connectivity index (χ0) is 13.1. The molecule has 0 aliphatic heterocycles. The van der Waals surface area contributed by atoms with Crippen LogP contribution in [0.4, 0.5) is 8.78 Å². The summed E-state index contributed by atoms with van der Waals surface area (Å²) in [5, 5.41) is 8.71. The normalized spacial score (nSPS) is 11.5. The minimum absolute atomic E-state index is 0.0791. The summed E-state index contributed by atoms with van der Waals surface area (Å²) in [7, 11) is -3.24. The predicted molar refractivity (Wildman–Crippen MR) is 57.5 cm³/mol. The molecule has 0 atom stereocenters. The van der Waals surface area contributed by atoms with Gasteiger partial charge in [-0.1, -0.05) is 0 Å². The fourth-order valence-corrected chi connectivity index (χ4v) is 1.52. The van der Waals surface area contributed by atoms with Gasteiger partial charge in [-0.3, -0.25) is 0 Å². The average Bonchev–Trinajstić information content (AvgIpc) is 2.20. The van der Waals surface area contributed by atoms with Crippen LogP contribution in [-0.2, 0) is 16.4 Å². The fourth-order valence-electron chi connectivity index (χ4n) is 1.14. The van der Waals surface area contributed by atoms with Crippen LogP contribution in [0.3, 0.4) is 0 Å². The molecule has 4 nitrogen and oxygen atoms in total. The molecule has 0 saturated heterocycles. The van der Waals surface area contributed by atoms with E-state index < -0.39 is 33.8 Å². The minimum Gasteiger partial charge on any atom is -0.487 e. The Balaban J connectivity index is 2.78. The Bertz CT molecular complexity index is 476. The SMILES string of the molecule is CS(=O)(=O)CCOc1c(F)cc(CO)cc1F. The number of rotatable bonds is 5. The first-order valence-corrected chi connectivity index (χ1v) is 6.79. The highest BCUT2D eigenvalue weighted by Gasteiger charge is 2.13. The van der Waals surface area contributed by atoms with E-state index in [4.69, 9.17) is 9.84 Å². The Labute approximate surface area is 97.8 Å². The molecule has 0 unspecified atom stereocenters. The lowest BCUT2D eigenvalue weighted by molar-refractivity contribution is 0.276. The summed E-state index contributed by atoms with van der Waals surface area (Å²) in [6.07, 6.45) is 0.998. The van der Waals surface area contributed by atoms with Gasteiger partial charge in [0, 0.05) is 6.26 Å². The second kappa shape index (κ2) is 5.42. The summed E-state index contributed by atoms with van der Waals surface area (Å²) in [6.45, 7) is -0.817. The molecular weight excluding hydrogens is 254 g/mol. The van der Waals surface area contributed by atoms with Crippen molar-refractivity contribution in [3.05, 3.63) is 29.3 Å². The quantitative estimate of drug-likeness (QED) is 0.859. The van der Waals surface area contributed by atoms with Gasteiger partial charge >= 0.3 is 0 Å². The van der Waals surface area contributed by atoms with Gasteiger partial charge in [0.25, 0.3) is 0 Å². The summed E-state index contributed by atoms with van der Waals surface area (Å²) < 4.78 is 52.9. The Morgan fingerprint density at radius 1 is 1.29 bits per heavy atom. The van der Waals surface area contributed by atoms with Crippen LogP contribution in [0, 0.1) is 11.6 Å². The van der Waals surface area contributed by atoms with Crippen LogP contribution in [0.25, 0.3) is 0 Å². The molecule has 0 aliphatic rings. The highest BCUT2D eigenvalue weighted by atomic mass is 32.2. The van der Waals surface area contributed by atoms with Crippen LogP contribution < -0.4 is 4.74 Å². The van der Waals surface area contributed by atoms with Gasteiger partial charge < -0.3 is 9.84 Å². The molecule has 0 aromatic heterocycles. The van der Waals surface area contributed by atoms with Gasteiger partial charge in [0.1, 0.15) is 6.61 Å². The summed E-state index contributed by atoms with van der Waals surface area (Å²) in [6, 6.07) is 1.86. The van der Waals surface area contributed by atoms with E-state index in [0.717, 1.165) is 18.4 Å². The van der Waals surface area contributed by atoms with Crippen molar-refractivity contribution in [1.29, 1.82) is 0 Å². The first-order chi connectivity index (χ1) is 7.83. The van der Waals surface area contributed by atoms with Crippen LogP contribution in [-0.4, -0.2) is 32.1 Å². The topological polar surface area (TPSA) is 63.6 Å². The Kier molecular flexibility index (Phi) is 4.41. The molecule has 0 saturated carbocycles. The molecule has 1 rings (SSSR count). The molecule has 1 aromatic carbocycles. The lowest BCUT2D eigenvalue weighted by Gasteiger charge is -2.08. The molecule has 0 amide bonds. The van der Waals surface area contributed by atoms with Crippen molar-refractivity contribution in [3.8, 4) is 5.75 Å². The van der Waals surface area contributed by atoms with Crippen molar-refractivity contribution in [2.75, 3.05) is 18.6 Å². The Morgan fingerprint density at radius 3 is 2.24 bits per heavy atom. The molecule has 17 heavy (non-hydrogen) atoms. The van der Waals surface area contributed by atoms with Gasteiger partial charge in [0.15, 0.2) is 27.2 Å². The maximum Gasteiger partial charge on any atom is 0.190 e. The van der Waals surface area contributed by atoms with Crippen LogP contribution >= 0.6 is 0 Å². The number of hydrogen-bond donors (Lipinski definition) is 1. The highest BCUT2D eigenvalue weighted by Crippen LogP contribution is 2.23. The van der Waals surface area contributed by atoms with E-state index in [-0.39, 0.29) is 17.9 Å². The third-order valence-corrected chi connectivity index (χ3v) is 2.85. The summed E-state index contributed by atoms with van der Waals surface area (Å²) in [5.41, 5.74) is 0.0791. The van der Waals surface area contributed by atoms with Crippen molar-refractivity contribution >= 4 is 9.84 Å². The third kappa shape index (κ3) is 4.27. The molecule has 0 bridgehead atoms. The smallest absolute Gasteiger partial charge is 0.190 e. The molecular formula is C10H12F2O4S. The largest absolute Gasteiger partial charge is 0.487 e. The van der Waals surface area contributed by atoms with Crippen molar-refractivity contribution < 1.29 is 27.0 Å².